The van der Waals surface area contributed by atoms with Crippen LogP contribution < -0.4 is 4.74 Å². The number of rotatable bonds is 6. The van der Waals surface area contributed by atoms with Crippen LogP contribution in [0.4, 0.5) is 0 Å². The minimum absolute atomic E-state index is 0.309. The van der Waals surface area contributed by atoms with Gasteiger partial charge in [-0.15, -0.1) is 0 Å². The van der Waals surface area contributed by atoms with E-state index in [-0.39, 0.29) is 0 Å². The largest absolute Gasteiger partial charge is 0.497 e. The Labute approximate surface area is 182 Å². The summed E-state index contributed by atoms with van der Waals surface area (Å²) in [5.41, 5.74) is 5.39. The lowest BCUT2D eigenvalue weighted by Crippen LogP contribution is -2.21. The maximum Gasteiger partial charge on any atom is 0.119 e. The second kappa shape index (κ2) is 8.50. The van der Waals surface area contributed by atoms with Crippen molar-refractivity contribution in [3.63, 3.8) is 0 Å². The molecule has 5 heteroatoms. The van der Waals surface area contributed by atoms with Crippen LogP contribution in [0, 0.1) is 0 Å². The Balaban J connectivity index is 1.85. The van der Waals surface area contributed by atoms with Crippen molar-refractivity contribution in [1.29, 1.82) is 0 Å². The van der Waals surface area contributed by atoms with Crippen LogP contribution in [0.15, 0.2) is 67.1 Å². The van der Waals surface area contributed by atoms with Gasteiger partial charge in [0.05, 0.1) is 17.6 Å². The average Bonchev–Trinajstić information content (AvgIpc) is 3.15. The molecule has 2 heterocycles. The van der Waals surface area contributed by atoms with Gasteiger partial charge in [-0.1, -0.05) is 29.8 Å². The van der Waals surface area contributed by atoms with Crippen molar-refractivity contribution in [3.8, 4) is 28.0 Å². The van der Waals surface area contributed by atoms with E-state index in [1.54, 1.807) is 7.11 Å². The van der Waals surface area contributed by atoms with Gasteiger partial charge in [0.25, 0.3) is 0 Å². The van der Waals surface area contributed by atoms with Crippen molar-refractivity contribution in [1.82, 2.24) is 14.5 Å². The second-order valence-corrected chi connectivity index (χ2v) is 8.30. The highest BCUT2D eigenvalue weighted by atomic mass is 35.5. The molecule has 2 aromatic heterocycles. The topological polar surface area (TPSA) is 30.3 Å². The first-order chi connectivity index (χ1) is 14.5. The number of halogens is 1. The van der Waals surface area contributed by atoms with Gasteiger partial charge in [0.15, 0.2) is 0 Å². The highest BCUT2D eigenvalue weighted by Gasteiger charge is 2.17. The molecule has 154 valence electrons. The van der Waals surface area contributed by atoms with Gasteiger partial charge in [0.2, 0.25) is 0 Å². The lowest BCUT2D eigenvalue weighted by molar-refractivity contribution is 0.341. The van der Waals surface area contributed by atoms with Gasteiger partial charge in [-0.2, -0.15) is 0 Å². The molecule has 4 aromatic rings. The van der Waals surface area contributed by atoms with Crippen LogP contribution in [-0.4, -0.2) is 42.2 Å². The maximum absolute atomic E-state index is 6.67. The van der Waals surface area contributed by atoms with Gasteiger partial charge in [0, 0.05) is 53.3 Å². The number of fused-ring (bicyclic) bond motifs is 1. The van der Waals surface area contributed by atoms with Crippen LogP contribution in [0.2, 0.25) is 5.02 Å². The molecule has 0 bridgehead atoms. The molecule has 0 fully saturated rings. The summed E-state index contributed by atoms with van der Waals surface area (Å²) in [4.78, 5) is 6.73. The minimum atomic E-state index is 0.309. The summed E-state index contributed by atoms with van der Waals surface area (Å²) < 4.78 is 7.69. The number of benzene rings is 2. The fourth-order valence-electron chi connectivity index (χ4n) is 4.02. The number of aromatic nitrogens is 2. The SMILES string of the molecule is COc1cccc(-c2cncc(-c3cn(C(C)CN(C)C)c4cccc(Cl)c34)c2)c1. The van der Waals surface area contributed by atoms with Crippen molar-refractivity contribution in [3.05, 3.63) is 72.1 Å². The zero-order valence-corrected chi connectivity index (χ0v) is 18.5. The average molecular weight is 420 g/mol. The number of hydrogen-bond donors (Lipinski definition) is 0. The number of likely N-dealkylation sites (N-methyl/N-ethyl adjacent to an activating group) is 1. The van der Waals surface area contributed by atoms with Gasteiger partial charge >= 0.3 is 0 Å². The fraction of sp³-hybridized carbons (Fsp3) is 0.240. The van der Waals surface area contributed by atoms with Crippen LogP contribution in [0.5, 0.6) is 5.75 Å². The van der Waals surface area contributed by atoms with E-state index in [2.05, 4.69) is 59.9 Å². The van der Waals surface area contributed by atoms with E-state index in [9.17, 15) is 0 Å². The second-order valence-electron chi connectivity index (χ2n) is 7.89. The van der Waals surface area contributed by atoms with E-state index in [0.29, 0.717) is 6.04 Å². The van der Waals surface area contributed by atoms with E-state index < -0.39 is 0 Å². The molecule has 0 saturated heterocycles. The Morgan fingerprint density at radius 1 is 1.03 bits per heavy atom. The molecule has 0 radical (unpaired) electrons. The molecule has 0 spiro atoms. The van der Waals surface area contributed by atoms with E-state index in [1.807, 2.05) is 42.7 Å². The Hall–Kier alpha value is -2.82. The van der Waals surface area contributed by atoms with Crippen molar-refractivity contribution in [2.45, 2.75) is 13.0 Å². The van der Waals surface area contributed by atoms with Gasteiger partial charge in [-0.05, 0) is 56.9 Å². The summed E-state index contributed by atoms with van der Waals surface area (Å²) in [5, 5.41) is 1.82. The van der Waals surface area contributed by atoms with Gasteiger partial charge in [0.1, 0.15) is 5.75 Å². The minimum Gasteiger partial charge on any atom is -0.497 e. The van der Waals surface area contributed by atoms with Crippen LogP contribution in [0.25, 0.3) is 33.2 Å². The van der Waals surface area contributed by atoms with E-state index in [0.717, 1.165) is 50.5 Å². The summed E-state index contributed by atoms with van der Waals surface area (Å²) >= 11 is 6.67. The molecule has 2 aromatic carbocycles. The number of ether oxygens (including phenoxy) is 1. The molecule has 1 unspecified atom stereocenters. The zero-order chi connectivity index (χ0) is 21.3. The lowest BCUT2D eigenvalue weighted by atomic mass is 10.0. The molecular formula is C25H26ClN3O. The maximum atomic E-state index is 6.67. The Morgan fingerprint density at radius 2 is 1.80 bits per heavy atom. The van der Waals surface area contributed by atoms with Crippen molar-refractivity contribution >= 4 is 22.5 Å². The van der Waals surface area contributed by atoms with Gasteiger partial charge in [-0.3, -0.25) is 4.98 Å². The van der Waals surface area contributed by atoms with Crippen LogP contribution in [0.3, 0.4) is 0 Å². The number of hydrogen-bond acceptors (Lipinski definition) is 3. The van der Waals surface area contributed by atoms with Crippen molar-refractivity contribution in [2.24, 2.45) is 0 Å². The first-order valence-electron chi connectivity index (χ1n) is 10.0. The normalized spacial score (nSPS) is 12.5. The van der Waals surface area contributed by atoms with Gasteiger partial charge in [-0.25, -0.2) is 0 Å². The van der Waals surface area contributed by atoms with E-state index in [1.165, 1.54) is 0 Å². The first-order valence-corrected chi connectivity index (χ1v) is 10.4. The molecule has 4 nitrogen and oxygen atoms in total. The van der Waals surface area contributed by atoms with Crippen molar-refractivity contribution < 1.29 is 4.74 Å². The van der Waals surface area contributed by atoms with Crippen LogP contribution in [0.1, 0.15) is 13.0 Å². The predicted octanol–water partition coefficient (Wildman–Crippen LogP) is 6.15. The third-order valence-corrected chi connectivity index (χ3v) is 5.68. The molecule has 30 heavy (non-hydrogen) atoms. The Bertz CT molecular complexity index is 1180. The van der Waals surface area contributed by atoms with E-state index >= 15 is 0 Å². The highest BCUT2D eigenvalue weighted by Crippen LogP contribution is 2.38. The predicted molar refractivity (Wildman–Crippen MR) is 125 cm³/mol. The quantitative estimate of drug-likeness (QED) is 0.375. The Morgan fingerprint density at radius 3 is 2.57 bits per heavy atom. The molecule has 0 amide bonds. The summed E-state index contributed by atoms with van der Waals surface area (Å²) in [6, 6.07) is 16.6. The molecule has 0 saturated carbocycles. The van der Waals surface area contributed by atoms with Crippen molar-refractivity contribution in [2.75, 3.05) is 27.7 Å². The number of pyridine rings is 1. The molecule has 1 atom stereocenters. The summed E-state index contributed by atoms with van der Waals surface area (Å²) in [5.74, 6) is 0.829. The molecule has 0 aliphatic heterocycles. The monoisotopic (exact) mass is 419 g/mol. The third-order valence-electron chi connectivity index (χ3n) is 5.36. The molecule has 0 aliphatic carbocycles. The van der Waals surface area contributed by atoms with E-state index in [4.69, 9.17) is 16.3 Å². The smallest absolute Gasteiger partial charge is 0.119 e. The number of nitrogens with zero attached hydrogens (tertiary/aromatic N) is 3. The van der Waals surface area contributed by atoms with Gasteiger partial charge < -0.3 is 14.2 Å². The summed E-state index contributed by atoms with van der Waals surface area (Å²) in [6.07, 6.45) is 5.99. The van der Waals surface area contributed by atoms with Crippen LogP contribution in [-0.2, 0) is 0 Å². The fourth-order valence-corrected chi connectivity index (χ4v) is 4.29. The molecule has 0 aliphatic rings. The standard InChI is InChI=1S/C25H26ClN3O/c1-17(15-28(2)3)29-16-22(25-23(26)9-6-10-24(25)29)20-11-19(13-27-14-20)18-7-5-8-21(12-18)30-4/h5-14,16-17H,15H2,1-4H3. The molecule has 4 rings (SSSR count). The Kier molecular flexibility index (Phi) is 5.80. The van der Waals surface area contributed by atoms with Crippen LogP contribution >= 0.6 is 11.6 Å². The lowest BCUT2D eigenvalue weighted by Gasteiger charge is -2.19. The highest BCUT2D eigenvalue weighted by molar-refractivity contribution is 6.36. The molecular weight excluding hydrogens is 394 g/mol. The molecule has 0 N–H and O–H groups in total. The third kappa shape index (κ3) is 3.93. The summed E-state index contributed by atoms with van der Waals surface area (Å²) in [7, 11) is 5.87. The number of methoxy groups -OCH3 is 1. The summed E-state index contributed by atoms with van der Waals surface area (Å²) in [6.45, 7) is 3.17. The first kappa shape index (κ1) is 20.5. The zero-order valence-electron chi connectivity index (χ0n) is 17.8.